The maximum Gasteiger partial charge on any atom is 0.428 e. The SMILES string of the molecule is CCC(OS(=O)(=O)C(F)(F)C(F)F)OS(=O)(=O)C(F)(F)C(F)F. The van der Waals surface area contributed by atoms with Crippen LogP contribution in [0.15, 0.2) is 0 Å². The first kappa shape index (κ1) is 22.3. The normalized spacial score (nSPS) is 15.0. The molecule has 0 N–H and O–H groups in total. The summed E-state index contributed by atoms with van der Waals surface area (Å²) < 4.78 is 148. The van der Waals surface area contributed by atoms with Crippen molar-refractivity contribution in [2.75, 3.05) is 0 Å². The molecule has 0 rings (SSSR count). The molecular weight excluding hydrogens is 396 g/mol. The molecule has 0 saturated heterocycles. The van der Waals surface area contributed by atoms with Crippen LogP contribution in [0.1, 0.15) is 13.3 Å². The van der Waals surface area contributed by atoms with Gasteiger partial charge in [-0.15, -0.1) is 0 Å². The van der Waals surface area contributed by atoms with Crippen LogP contribution in [0.5, 0.6) is 0 Å². The van der Waals surface area contributed by atoms with Crippen LogP contribution in [-0.4, -0.2) is 46.5 Å². The Morgan fingerprint density at radius 2 is 1.04 bits per heavy atom. The summed E-state index contributed by atoms with van der Waals surface area (Å²) >= 11 is 0. The van der Waals surface area contributed by atoms with Crippen LogP contribution in [0.3, 0.4) is 0 Å². The minimum atomic E-state index is -6.51. The Morgan fingerprint density at radius 3 is 1.22 bits per heavy atom. The van der Waals surface area contributed by atoms with E-state index in [1.807, 2.05) is 0 Å². The van der Waals surface area contributed by atoms with Crippen molar-refractivity contribution < 1.29 is 60.3 Å². The van der Waals surface area contributed by atoms with Gasteiger partial charge in [-0.3, -0.25) is 0 Å². The average molecular weight is 404 g/mol. The van der Waals surface area contributed by atoms with Gasteiger partial charge in [-0.2, -0.15) is 34.4 Å². The minimum Gasteiger partial charge on any atom is -0.232 e. The number of rotatable bonds is 9. The zero-order valence-corrected chi connectivity index (χ0v) is 12.4. The van der Waals surface area contributed by atoms with E-state index in [0.29, 0.717) is 0 Å². The first-order chi connectivity index (χ1) is 10.0. The molecule has 0 radical (unpaired) electrons. The molecule has 16 heteroatoms. The summed E-state index contributed by atoms with van der Waals surface area (Å²) in [5.74, 6) is 0. The molecule has 0 aromatic heterocycles. The Hall–Kier alpha value is -0.740. The monoisotopic (exact) mass is 404 g/mol. The van der Waals surface area contributed by atoms with E-state index in [1.165, 1.54) is 0 Å². The van der Waals surface area contributed by atoms with Crippen molar-refractivity contribution in [2.45, 2.75) is 43.0 Å². The molecule has 0 bridgehead atoms. The van der Waals surface area contributed by atoms with Gasteiger partial charge in [0.1, 0.15) is 0 Å². The molecule has 0 unspecified atom stereocenters. The smallest absolute Gasteiger partial charge is 0.232 e. The largest absolute Gasteiger partial charge is 0.428 e. The molecule has 0 aliphatic carbocycles. The fourth-order valence-electron chi connectivity index (χ4n) is 0.781. The van der Waals surface area contributed by atoms with E-state index in [2.05, 4.69) is 8.37 Å². The second-order valence-electron chi connectivity index (χ2n) is 3.66. The van der Waals surface area contributed by atoms with Crippen LogP contribution in [-0.2, 0) is 28.6 Å². The summed E-state index contributed by atoms with van der Waals surface area (Å²) in [6.45, 7) is 0.747. The van der Waals surface area contributed by atoms with Gasteiger partial charge in [0, 0.05) is 0 Å². The standard InChI is InChI=1S/C7H8F8O6S2/c1-2-3(20-22(16,17)6(12,13)4(8)9)21-23(18,19)7(14,15)5(10)11/h3-5H,2H2,1H3. The highest BCUT2D eigenvalue weighted by Gasteiger charge is 2.59. The molecule has 140 valence electrons. The van der Waals surface area contributed by atoms with E-state index >= 15 is 0 Å². The molecule has 0 atom stereocenters. The lowest BCUT2D eigenvalue weighted by Gasteiger charge is -2.22. The summed E-state index contributed by atoms with van der Waals surface area (Å²) in [5, 5.41) is -11.6. The molecule has 0 fully saturated rings. The third-order valence-corrected chi connectivity index (χ3v) is 4.60. The van der Waals surface area contributed by atoms with Crippen molar-refractivity contribution >= 4 is 20.2 Å². The second-order valence-corrected chi connectivity index (χ2v) is 6.95. The van der Waals surface area contributed by atoms with E-state index in [4.69, 9.17) is 0 Å². The highest BCUT2D eigenvalue weighted by molar-refractivity contribution is 7.88. The zero-order chi connectivity index (χ0) is 18.9. The fraction of sp³-hybridized carbons (Fsp3) is 1.00. The maximum absolute atomic E-state index is 12.7. The number of hydrogen-bond acceptors (Lipinski definition) is 6. The van der Waals surface area contributed by atoms with Crippen LogP contribution in [0.4, 0.5) is 35.1 Å². The highest BCUT2D eigenvalue weighted by atomic mass is 32.2. The number of alkyl halides is 8. The quantitative estimate of drug-likeness (QED) is 0.333. The average Bonchev–Trinajstić information content (AvgIpc) is 2.36. The van der Waals surface area contributed by atoms with Crippen LogP contribution in [0.2, 0.25) is 0 Å². The van der Waals surface area contributed by atoms with Crippen LogP contribution < -0.4 is 0 Å². The lowest BCUT2D eigenvalue weighted by molar-refractivity contribution is -0.0929. The fourth-order valence-corrected chi connectivity index (χ4v) is 2.44. The molecule has 0 aromatic rings. The molecule has 0 aromatic carbocycles. The van der Waals surface area contributed by atoms with Crippen molar-refractivity contribution in [3.8, 4) is 0 Å². The number of halogens is 8. The van der Waals surface area contributed by atoms with Gasteiger partial charge in [0.15, 0.2) is 6.29 Å². The molecule has 23 heavy (non-hydrogen) atoms. The van der Waals surface area contributed by atoms with E-state index in [9.17, 15) is 52.0 Å². The lowest BCUT2D eigenvalue weighted by atomic mass is 10.5. The first-order valence-electron chi connectivity index (χ1n) is 5.20. The number of hydrogen-bond donors (Lipinski definition) is 0. The molecule has 0 amide bonds. The van der Waals surface area contributed by atoms with E-state index in [0.717, 1.165) is 6.92 Å². The van der Waals surface area contributed by atoms with Gasteiger partial charge in [-0.1, -0.05) is 6.92 Å². The third kappa shape index (κ3) is 4.63. The predicted molar refractivity (Wildman–Crippen MR) is 56.0 cm³/mol. The van der Waals surface area contributed by atoms with Crippen LogP contribution in [0.25, 0.3) is 0 Å². The van der Waals surface area contributed by atoms with Crippen molar-refractivity contribution in [2.24, 2.45) is 0 Å². The Balaban J connectivity index is 5.45. The van der Waals surface area contributed by atoms with Crippen molar-refractivity contribution in [1.82, 2.24) is 0 Å². The van der Waals surface area contributed by atoms with E-state index in [1.54, 1.807) is 0 Å². The Kier molecular flexibility index (Phi) is 6.79. The summed E-state index contributed by atoms with van der Waals surface area (Å²) in [6.07, 6.45) is -13.6. The van der Waals surface area contributed by atoms with Gasteiger partial charge in [0.25, 0.3) is 0 Å². The molecule has 0 aliphatic heterocycles. The molecule has 0 aliphatic rings. The summed E-state index contributed by atoms with van der Waals surface area (Å²) in [6, 6.07) is 0. The van der Waals surface area contributed by atoms with Gasteiger partial charge >= 0.3 is 43.6 Å². The van der Waals surface area contributed by atoms with Gasteiger partial charge in [0.2, 0.25) is 0 Å². The van der Waals surface area contributed by atoms with Crippen LogP contribution >= 0.6 is 0 Å². The summed E-state index contributed by atoms with van der Waals surface area (Å²) in [4.78, 5) is 0. The Bertz CT molecular complexity index is 548. The van der Waals surface area contributed by atoms with Crippen LogP contribution in [0, 0.1) is 0 Å². The van der Waals surface area contributed by atoms with Gasteiger partial charge in [-0.05, 0) is 6.42 Å². The van der Waals surface area contributed by atoms with E-state index < -0.39 is 56.3 Å². The molecule has 0 spiro atoms. The summed E-state index contributed by atoms with van der Waals surface area (Å²) in [7, 11) is -13.0. The van der Waals surface area contributed by atoms with Crippen molar-refractivity contribution in [3.05, 3.63) is 0 Å². The Labute approximate surface area is 124 Å². The molecule has 6 nitrogen and oxygen atoms in total. The lowest BCUT2D eigenvalue weighted by Crippen LogP contribution is -2.43. The summed E-state index contributed by atoms with van der Waals surface area (Å²) in [5.41, 5.74) is 0. The van der Waals surface area contributed by atoms with Gasteiger partial charge in [0.05, 0.1) is 0 Å². The third-order valence-electron chi connectivity index (χ3n) is 1.98. The second kappa shape index (κ2) is 7.02. The highest BCUT2D eigenvalue weighted by Crippen LogP contribution is 2.34. The molecule has 0 saturated carbocycles. The zero-order valence-electron chi connectivity index (χ0n) is 10.7. The first-order valence-corrected chi connectivity index (χ1v) is 8.02. The predicted octanol–water partition coefficient (Wildman–Crippen LogP) is 2.13. The maximum atomic E-state index is 12.7. The Morgan fingerprint density at radius 1 is 0.783 bits per heavy atom. The molecular formula is C7H8F8O6S2. The van der Waals surface area contributed by atoms with E-state index in [-0.39, 0.29) is 0 Å². The molecule has 0 heterocycles. The van der Waals surface area contributed by atoms with Crippen molar-refractivity contribution in [1.29, 1.82) is 0 Å². The van der Waals surface area contributed by atoms with Gasteiger partial charge in [-0.25, -0.2) is 25.9 Å². The topological polar surface area (TPSA) is 86.7 Å². The minimum absolute atomic E-state index is 0.747. The van der Waals surface area contributed by atoms with Gasteiger partial charge < -0.3 is 0 Å². The van der Waals surface area contributed by atoms with Crippen molar-refractivity contribution in [3.63, 3.8) is 0 Å².